The fourth-order valence-electron chi connectivity index (χ4n) is 1.43. The number of nitrogens with two attached hydrogens (primary N) is 1. The Morgan fingerprint density at radius 1 is 1.48 bits per heavy atom. The predicted octanol–water partition coefficient (Wildman–Crippen LogP) is 2.33. The Kier molecular flexibility index (Phi) is 5.95. The summed E-state index contributed by atoms with van der Waals surface area (Å²) < 4.78 is 40.4. The molecule has 0 saturated carbocycles. The molecule has 2 unspecified atom stereocenters. The summed E-state index contributed by atoms with van der Waals surface area (Å²) in [4.78, 5) is 15.5. The first kappa shape index (κ1) is 17.2. The van der Waals surface area contributed by atoms with Gasteiger partial charge in [-0.15, -0.1) is 0 Å². The van der Waals surface area contributed by atoms with Crippen molar-refractivity contribution in [3.8, 4) is 5.88 Å². The maximum Gasteiger partial charge on any atom is 0.422 e. The second-order valence-corrected chi connectivity index (χ2v) is 4.69. The molecule has 21 heavy (non-hydrogen) atoms. The van der Waals surface area contributed by atoms with Crippen molar-refractivity contribution in [3.05, 3.63) is 18.3 Å². The SMILES string of the molecule is CCC(C)C(N)C(=O)Nc1ccc(OCC(F)(F)F)nc1. The third kappa shape index (κ3) is 5.99. The fraction of sp³-hybridized carbons (Fsp3) is 0.538. The molecule has 2 atom stereocenters. The first-order chi connectivity index (χ1) is 9.73. The number of carbonyl (C=O) groups is 1. The van der Waals surface area contributed by atoms with E-state index in [-0.39, 0.29) is 17.7 Å². The zero-order chi connectivity index (χ0) is 16.0. The van der Waals surface area contributed by atoms with Gasteiger partial charge in [-0.05, 0) is 12.0 Å². The molecule has 0 saturated heterocycles. The zero-order valence-corrected chi connectivity index (χ0v) is 11.8. The number of amides is 1. The molecule has 0 fully saturated rings. The van der Waals surface area contributed by atoms with Crippen LogP contribution in [-0.2, 0) is 4.79 Å². The van der Waals surface area contributed by atoms with Crippen LogP contribution in [0.5, 0.6) is 5.88 Å². The predicted molar refractivity (Wildman–Crippen MR) is 71.8 cm³/mol. The number of hydrogen-bond donors (Lipinski definition) is 2. The Labute approximate surface area is 120 Å². The Morgan fingerprint density at radius 2 is 2.14 bits per heavy atom. The number of nitrogens with one attached hydrogen (secondary N) is 1. The van der Waals surface area contributed by atoms with Crippen molar-refractivity contribution in [3.63, 3.8) is 0 Å². The lowest BCUT2D eigenvalue weighted by atomic mass is 9.99. The third-order valence-corrected chi connectivity index (χ3v) is 2.95. The average molecular weight is 305 g/mol. The number of hydrogen-bond acceptors (Lipinski definition) is 4. The summed E-state index contributed by atoms with van der Waals surface area (Å²) >= 11 is 0. The molecule has 0 bridgehead atoms. The lowest BCUT2D eigenvalue weighted by Crippen LogP contribution is -2.40. The molecule has 0 aliphatic heterocycles. The van der Waals surface area contributed by atoms with E-state index in [1.54, 1.807) is 0 Å². The van der Waals surface area contributed by atoms with Gasteiger partial charge in [-0.2, -0.15) is 13.2 Å². The number of nitrogens with zero attached hydrogens (tertiary/aromatic N) is 1. The minimum Gasteiger partial charge on any atom is -0.468 e. The van der Waals surface area contributed by atoms with E-state index in [1.807, 2.05) is 13.8 Å². The highest BCUT2D eigenvalue weighted by atomic mass is 19.4. The number of ether oxygens (including phenoxy) is 1. The lowest BCUT2D eigenvalue weighted by molar-refractivity contribution is -0.154. The maximum atomic E-state index is 12.0. The number of aromatic nitrogens is 1. The van der Waals surface area contributed by atoms with E-state index < -0.39 is 18.8 Å². The quantitative estimate of drug-likeness (QED) is 0.845. The van der Waals surface area contributed by atoms with Gasteiger partial charge >= 0.3 is 6.18 Å². The number of rotatable bonds is 6. The van der Waals surface area contributed by atoms with Gasteiger partial charge in [0.05, 0.1) is 17.9 Å². The maximum absolute atomic E-state index is 12.0. The van der Waals surface area contributed by atoms with Gasteiger partial charge < -0.3 is 15.8 Å². The molecule has 1 rings (SSSR count). The molecule has 3 N–H and O–H groups in total. The van der Waals surface area contributed by atoms with E-state index in [9.17, 15) is 18.0 Å². The van der Waals surface area contributed by atoms with Crippen molar-refractivity contribution in [2.24, 2.45) is 11.7 Å². The molecular formula is C13H18F3N3O2. The monoisotopic (exact) mass is 305 g/mol. The van der Waals surface area contributed by atoms with Crippen LogP contribution in [0.15, 0.2) is 18.3 Å². The third-order valence-electron chi connectivity index (χ3n) is 2.95. The highest BCUT2D eigenvalue weighted by Crippen LogP contribution is 2.18. The molecule has 8 heteroatoms. The minimum absolute atomic E-state index is 0.0207. The number of alkyl halides is 3. The Bertz CT molecular complexity index is 463. The molecule has 1 aromatic rings. The van der Waals surface area contributed by atoms with E-state index in [2.05, 4.69) is 15.0 Å². The molecule has 1 heterocycles. The minimum atomic E-state index is -4.42. The van der Waals surface area contributed by atoms with Gasteiger partial charge in [-0.3, -0.25) is 4.79 Å². The zero-order valence-electron chi connectivity index (χ0n) is 11.8. The van der Waals surface area contributed by atoms with Crippen LogP contribution in [0, 0.1) is 5.92 Å². The molecule has 1 amide bonds. The van der Waals surface area contributed by atoms with E-state index >= 15 is 0 Å². The van der Waals surface area contributed by atoms with Crippen LogP contribution in [0.4, 0.5) is 18.9 Å². The Hall–Kier alpha value is -1.83. The molecule has 5 nitrogen and oxygen atoms in total. The van der Waals surface area contributed by atoms with Gasteiger partial charge in [0.15, 0.2) is 6.61 Å². The summed E-state index contributed by atoms with van der Waals surface area (Å²) in [5.74, 6) is -0.515. The molecule has 0 aliphatic carbocycles. The Balaban J connectivity index is 2.56. The summed E-state index contributed by atoms with van der Waals surface area (Å²) in [6, 6.07) is 1.99. The smallest absolute Gasteiger partial charge is 0.422 e. The standard InChI is InChI=1S/C13H18F3N3O2/c1-3-8(2)11(17)12(20)19-9-4-5-10(18-6-9)21-7-13(14,15)16/h4-6,8,11H,3,7,17H2,1-2H3,(H,19,20). The number of pyridine rings is 1. The number of halogens is 3. The lowest BCUT2D eigenvalue weighted by Gasteiger charge is -2.17. The fourth-order valence-corrected chi connectivity index (χ4v) is 1.43. The molecule has 1 aromatic heterocycles. The Morgan fingerprint density at radius 3 is 2.62 bits per heavy atom. The van der Waals surface area contributed by atoms with Crippen LogP contribution in [0.25, 0.3) is 0 Å². The first-order valence-corrected chi connectivity index (χ1v) is 6.45. The van der Waals surface area contributed by atoms with E-state index in [4.69, 9.17) is 5.73 Å². The van der Waals surface area contributed by atoms with Crippen LogP contribution >= 0.6 is 0 Å². The molecule has 0 radical (unpaired) electrons. The number of anilines is 1. The van der Waals surface area contributed by atoms with Gasteiger partial charge in [-0.1, -0.05) is 20.3 Å². The van der Waals surface area contributed by atoms with E-state index in [1.165, 1.54) is 18.3 Å². The topological polar surface area (TPSA) is 77.2 Å². The second kappa shape index (κ2) is 7.26. The van der Waals surface area contributed by atoms with Gasteiger partial charge in [0, 0.05) is 6.07 Å². The van der Waals surface area contributed by atoms with Crippen molar-refractivity contribution >= 4 is 11.6 Å². The van der Waals surface area contributed by atoms with Crippen LogP contribution in [0.1, 0.15) is 20.3 Å². The van der Waals surface area contributed by atoms with Crippen molar-refractivity contribution < 1.29 is 22.7 Å². The second-order valence-electron chi connectivity index (χ2n) is 4.69. The van der Waals surface area contributed by atoms with Gasteiger partial charge in [0.1, 0.15) is 0 Å². The van der Waals surface area contributed by atoms with Crippen LogP contribution in [-0.4, -0.2) is 29.7 Å². The van der Waals surface area contributed by atoms with Crippen molar-refractivity contribution in [1.29, 1.82) is 0 Å². The molecule has 0 aromatic carbocycles. The summed E-state index contributed by atoms with van der Waals surface area (Å²) in [7, 11) is 0. The van der Waals surface area contributed by atoms with Crippen LogP contribution in [0.3, 0.4) is 0 Å². The largest absolute Gasteiger partial charge is 0.468 e. The molecular weight excluding hydrogens is 287 g/mol. The number of carbonyl (C=O) groups excluding carboxylic acids is 1. The summed E-state index contributed by atoms with van der Waals surface area (Å²) in [5.41, 5.74) is 6.11. The van der Waals surface area contributed by atoms with Crippen LogP contribution in [0.2, 0.25) is 0 Å². The van der Waals surface area contributed by atoms with E-state index in [0.29, 0.717) is 5.69 Å². The highest BCUT2D eigenvalue weighted by molar-refractivity contribution is 5.94. The van der Waals surface area contributed by atoms with Gasteiger partial charge in [0.25, 0.3) is 0 Å². The molecule has 118 valence electrons. The van der Waals surface area contributed by atoms with E-state index in [0.717, 1.165) is 6.42 Å². The highest BCUT2D eigenvalue weighted by Gasteiger charge is 2.28. The van der Waals surface area contributed by atoms with Crippen molar-refractivity contribution in [1.82, 2.24) is 4.98 Å². The van der Waals surface area contributed by atoms with Crippen molar-refractivity contribution in [2.75, 3.05) is 11.9 Å². The molecule has 0 spiro atoms. The molecule has 0 aliphatic rings. The van der Waals surface area contributed by atoms with Gasteiger partial charge in [0.2, 0.25) is 11.8 Å². The van der Waals surface area contributed by atoms with Crippen LogP contribution < -0.4 is 15.8 Å². The van der Waals surface area contributed by atoms with Crippen molar-refractivity contribution in [2.45, 2.75) is 32.5 Å². The van der Waals surface area contributed by atoms with Gasteiger partial charge in [-0.25, -0.2) is 4.98 Å². The first-order valence-electron chi connectivity index (χ1n) is 6.45. The normalized spacial score (nSPS) is 14.4. The average Bonchev–Trinajstić information content (AvgIpc) is 2.44. The summed E-state index contributed by atoms with van der Waals surface area (Å²) in [6.45, 7) is 2.37. The summed E-state index contributed by atoms with van der Waals surface area (Å²) in [5, 5.41) is 2.55. The summed E-state index contributed by atoms with van der Waals surface area (Å²) in [6.07, 6.45) is -2.44.